The van der Waals surface area contributed by atoms with E-state index in [1.165, 1.54) is 0 Å². The molecule has 0 atom stereocenters. The van der Waals surface area contributed by atoms with Crippen molar-refractivity contribution in [2.45, 2.75) is 26.7 Å². The lowest BCUT2D eigenvalue weighted by molar-refractivity contribution is 0.582. The van der Waals surface area contributed by atoms with Crippen LogP contribution in [0.25, 0.3) is 0 Å². The van der Waals surface area contributed by atoms with E-state index in [1.807, 2.05) is 19.1 Å². The predicted octanol–water partition coefficient (Wildman–Crippen LogP) is 2.42. The Balaban J connectivity index is 2.39. The minimum atomic E-state index is -3.16. The molecule has 0 unspecified atom stereocenters. The third kappa shape index (κ3) is 9.30. The van der Waals surface area contributed by atoms with Gasteiger partial charge in [0.2, 0.25) is 10.0 Å². The van der Waals surface area contributed by atoms with Gasteiger partial charge in [-0.05, 0) is 44.4 Å². The number of aryl methyl sites for hydroxylation is 1. The zero-order valence-electron chi connectivity index (χ0n) is 14.6. The van der Waals surface area contributed by atoms with Crippen molar-refractivity contribution in [3.8, 4) is 0 Å². The molecule has 1 aromatic rings. The molecule has 6 nitrogen and oxygen atoms in total. The summed E-state index contributed by atoms with van der Waals surface area (Å²) < 4.78 is 25.2. The molecule has 0 aliphatic heterocycles. The van der Waals surface area contributed by atoms with Crippen LogP contribution in [0.1, 0.15) is 25.8 Å². The molecule has 0 aromatic heterocycles. The fraction of sp³-hybridized carbons (Fsp3) is 0.562. The van der Waals surface area contributed by atoms with Crippen LogP contribution in [0.15, 0.2) is 23.2 Å². The summed E-state index contributed by atoms with van der Waals surface area (Å²) in [6, 6.07) is 5.50. The van der Waals surface area contributed by atoms with Gasteiger partial charge in [-0.15, -0.1) is 0 Å². The van der Waals surface area contributed by atoms with Gasteiger partial charge < -0.3 is 10.6 Å². The van der Waals surface area contributed by atoms with Gasteiger partial charge in [-0.25, -0.2) is 13.1 Å². The van der Waals surface area contributed by atoms with Crippen LogP contribution in [-0.2, 0) is 16.4 Å². The molecule has 0 aliphatic rings. The lowest BCUT2D eigenvalue weighted by Gasteiger charge is -2.12. The van der Waals surface area contributed by atoms with Crippen LogP contribution in [0.5, 0.6) is 0 Å². The first-order chi connectivity index (χ1) is 11.9. The number of hydrogen-bond acceptors (Lipinski definition) is 3. The molecule has 3 N–H and O–H groups in total. The Bertz CT molecular complexity index is 666. The molecule has 142 valence electrons. The number of rotatable bonds is 10. The van der Waals surface area contributed by atoms with Gasteiger partial charge in [0.1, 0.15) is 0 Å². The molecule has 0 heterocycles. The Kier molecular flexibility index (Phi) is 10.2. The monoisotopic (exact) mass is 408 g/mol. The summed E-state index contributed by atoms with van der Waals surface area (Å²) in [6.45, 7) is 5.73. The van der Waals surface area contributed by atoms with Crippen LogP contribution in [0.4, 0.5) is 0 Å². The van der Waals surface area contributed by atoms with Crippen LogP contribution in [0, 0.1) is 0 Å². The standard InChI is InChI=1S/C16H26Cl2N4O2S/c1-3-19-16(21-10-11-22-25(23,24)4-2)20-9-5-6-13-7-8-14(17)12-15(13)18/h7-8,12,22H,3-6,9-11H2,1-2H3,(H2,19,20,21). The number of guanidine groups is 1. The molecule has 0 bridgehead atoms. The Labute approximate surface area is 160 Å². The molecule has 1 rings (SSSR count). The van der Waals surface area contributed by atoms with Crippen LogP contribution >= 0.6 is 23.2 Å². The molecule has 0 saturated carbocycles. The Hall–Kier alpha value is -1.02. The minimum absolute atomic E-state index is 0.0778. The van der Waals surface area contributed by atoms with Crippen molar-refractivity contribution in [2.75, 3.05) is 31.9 Å². The second kappa shape index (κ2) is 11.6. The molecule has 0 aliphatic carbocycles. The van der Waals surface area contributed by atoms with E-state index in [2.05, 4.69) is 20.3 Å². The lowest BCUT2D eigenvalue weighted by Crippen LogP contribution is -2.41. The highest BCUT2D eigenvalue weighted by molar-refractivity contribution is 7.89. The van der Waals surface area contributed by atoms with E-state index in [4.69, 9.17) is 23.2 Å². The molecule has 0 amide bonds. The molecule has 9 heteroatoms. The van der Waals surface area contributed by atoms with Gasteiger partial charge in [0.05, 0.1) is 5.75 Å². The number of hydrogen-bond donors (Lipinski definition) is 3. The number of aliphatic imine (C=N–C) groups is 1. The van der Waals surface area contributed by atoms with E-state index in [9.17, 15) is 8.42 Å². The zero-order valence-corrected chi connectivity index (χ0v) is 16.9. The molecule has 25 heavy (non-hydrogen) atoms. The van der Waals surface area contributed by atoms with Crippen LogP contribution in [0.3, 0.4) is 0 Å². The van der Waals surface area contributed by atoms with Crippen molar-refractivity contribution in [3.05, 3.63) is 33.8 Å². The summed E-state index contributed by atoms with van der Waals surface area (Å²) in [6.07, 6.45) is 1.66. The molecular formula is C16H26Cl2N4O2S. The van der Waals surface area contributed by atoms with Crippen molar-refractivity contribution >= 4 is 39.2 Å². The van der Waals surface area contributed by atoms with E-state index < -0.39 is 10.0 Å². The zero-order chi connectivity index (χ0) is 18.7. The molecular weight excluding hydrogens is 383 g/mol. The fourth-order valence-electron chi connectivity index (χ4n) is 2.02. The summed E-state index contributed by atoms with van der Waals surface area (Å²) in [5.74, 6) is 0.745. The van der Waals surface area contributed by atoms with Crippen molar-refractivity contribution in [1.29, 1.82) is 0 Å². The second-order valence-corrected chi connectivity index (χ2v) is 8.26. The first-order valence-corrected chi connectivity index (χ1v) is 10.7. The number of halogens is 2. The Morgan fingerprint density at radius 2 is 1.92 bits per heavy atom. The third-order valence-electron chi connectivity index (χ3n) is 3.35. The average molecular weight is 409 g/mol. The van der Waals surface area contributed by atoms with Gasteiger partial charge in [0, 0.05) is 36.2 Å². The summed E-state index contributed by atoms with van der Waals surface area (Å²) in [5, 5.41) is 7.53. The highest BCUT2D eigenvalue weighted by atomic mass is 35.5. The average Bonchev–Trinajstić information content (AvgIpc) is 2.57. The fourth-order valence-corrected chi connectivity index (χ4v) is 3.14. The number of nitrogens with one attached hydrogen (secondary N) is 3. The van der Waals surface area contributed by atoms with Crippen molar-refractivity contribution < 1.29 is 8.42 Å². The number of benzene rings is 1. The molecule has 0 radical (unpaired) electrons. The minimum Gasteiger partial charge on any atom is -0.357 e. The smallest absolute Gasteiger partial charge is 0.211 e. The van der Waals surface area contributed by atoms with Gasteiger partial charge in [-0.3, -0.25) is 4.99 Å². The largest absolute Gasteiger partial charge is 0.357 e. The predicted molar refractivity (Wildman–Crippen MR) is 106 cm³/mol. The Morgan fingerprint density at radius 1 is 1.16 bits per heavy atom. The van der Waals surface area contributed by atoms with Crippen LogP contribution in [0.2, 0.25) is 10.0 Å². The summed E-state index contributed by atoms with van der Waals surface area (Å²) in [7, 11) is -3.16. The quantitative estimate of drug-likeness (QED) is 0.315. The van der Waals surface area contributed by atoms with E-state index in [0.717, 1.165) is 24.9 Å². The summed E-state index contributed by atoms with van der Waals surface area (Å²) in [5.41, 5.74) is 1.05. The van der Waals surface area contributed by atoms with E-state index in [0.29, 0.717) is 35.6 Å². The molecule has 0 fully saturated rings. The second-order valence-electron chi connectivity index (χ2n) is 5.32. The maximum Gasteiger partial charge on any atom is 0.211 e. The highest BCUT2D eigenvalue weighted by Gasteiger charge is 2.05. The van der Waals surface area contributed by atoms with Gasteiger partial charge in [0.15, 0.2) is 5.96 Å². The maximum absolute atomic E-state index is 11.4. The molecule has 0 saturated heterocycles. The van der Waals surface area contributed by atoms with Gasteiger partial charge in [-0.1, -0.05) is 29.3 Å². The topological polar surface area (TPSA) is 82.6 Å². The summed E-state index contributed by atoms with van der Waals surface area (Å²) in [4.78, 5) is 4.48. The Morgan fingerprint density at radius 3 is 2.56 bits per heavy atom. The highest BCUT2D eigenvalue weighted by Crippen LogP contribution is 2.21. The van der Waals surface area contributed by atoms with Gasteiger partial charge in [0.25, 0.3) is 0 Å². The van der Waals surface area contributed by atoms with Crippen LogP contribution in [-0.4, -0.2) is 46.3 Å². The third-order valence-corrected chi connectivity index (χ3v) is 5.34. The van der Waals surface area contributed by atoms with E-state index in [1.54, 1.807) is 13.0 Å². The maximum atomic E-state index is 11.4. The van der Waals surface area contributed by atoms with E-state index >= 15 is 0 Å². The first-order valence-electron chi connectivity index (χ1n) is 8.31. The van der Waals surface area contributed by atoms with Gasteiger partial charge >= 0.3 is 0 Å². The molecule has 1 aromatic carbocycles. The van der Waals surface area contributed by atoms with Crippen molar-refractivity contribution in [3.63, 3.8) is 0 Å². The van der Waals surface area contributed by atoms with Crippen molar-refractivity contribution in [1.82, 2.24) is 15.4 Å². The normalized spacial score (nSPS) is 12.2. The molecule has 0 spiro atoms. The summed E-state index contributed by atoms with van der Waals surface area (Å²) >= 11 is 12.0. The lowest BCUT2D eigenvalue weighted by atomic mass is 10.1. The van der Waals surface area contributed by atoms with Crippen LogP contribution < -0.4 is 15.4 Å². The number of nitrogens with zero attached hydrogens (tertiary/aromatic N) is 1. The number of sulfonamides is 1. The first kappa shape index (κ1) is 22.0. The van der Waals surface area contributed by atoms with E-state index in [-0.39, 0.29) is 5.75 Å². The SMILES string of the molecule is CCNC(=NCCCc1ccc(Cl)cc1Cl)NCCNS(=O)(=O)CC. The van der Waals surface area contributed by atoms with Crippen molar-refractivity contribution in [2.24, 2.45) is 4.99 Å². The van der Waals surface area contributed by atoms with Gasteiger partial charge in [-0.2, -0.15) is 0 Å².